The summed E-state index contributed by atoms with van der Waals surface area (Å²) in [7, 11) is 1.78. The summed E-state index contributed by atoms with van der Waals surface area (Å²) in [5, 5.41) is 13.2. The van der Waals surface area contributed by atoms with Crippen molar-refractivity contribution in [1.29, 1.82) is 0 Å². The highest BCUT2D eigenvalue weighted by Gasteiger charge is 2.20. The highest BCUT2D eigenvalue weighted by molar-refractivity contribution is 7.14. The monoisotopic (exact) mass is 385 g/mol. The van der Waals surface area contributed by atoms with Gasteiger partial charge in [0.2, 0.25) is 0 Å². The number of aliphatic imine (C=N–C) groups is 1. The summed E-state index contributed by atoms with van der Waals surface area (Å²) in [5.41, 5.74) is 0.678. The fourth-order valence-corrected chi connectivity index (χ4v) is 3.92. The van der Waals surface area contributed by atoms with E-state index in [4.69, 9.17) is 0 Å². The van der Waals surface area contributed by atoms with Gasteiger partial charge in [0, 0.05) is 44.8 Å². The van der Waals surface area contributed by atoms with Crippen molar-refractivity contribution in [2.75, 3.05) is 38.1 Å². The molecule has 0 atom stereocenters. The van der Waals surface area contributed by atoms with Crippen LogP contribution in [0.5, 0.6) is 0 Å². The van der Waals surface area contributed by atoms with Gasteiger partial charge in [-0.3, -0.25) is 9.79 Å². The maximum atomic E-state index is 12.0. The van der Waals surface area contributed by atoms with Crippen LogP contribution in [0.1, 0.15) is 23.2 Å². The Hall–Kier alpha value is -2.54. The average Bonchev–Trinajstić information content (AvgIpc) is 3.26. The number of guanidine groups is 1. The van der Waals surface area contributed by atoms with Gasteiger partial charge in [-0.1, -0.05) is 18.2 Å². The first-order valence-corrected chi connectivity index (χ1v) is 10.2. The molecule has 2 aromatic rings. The molecule has 3 rings (SSSR count). The first-order chi connectivity index (χ1) is 13.3. The van der Waals surface area contributed by atoms with Gasteiger partial charge in [-0.2, -0.15) is 0 Å². The van der Waals surface area contributed by atoms with Crippen LogP contribution in [0, 0.1) is 0 Å². The van der Waals surface area contributed by atoms with E-state index < -0.39 is 0 Å². The van der Waals surface area contributed by atoms with Gasteiger partial charge in [0.05, 0.1) is 5.00 Å². The van der Waals surface area contributed by atoms with Crippen molar-refractivity contribution in [3.8, 4) is 0 Å². The second-order valence-electron chi connectivity index (χ2n) is 6.48. The second kappa shape index (κ2) is 9.97. The average molecular weight is 386 g/mol. The fraction of sp³-hybridized carbons (Fsp3) is 0.400. The van der Waals surface area contributed by atoms with Crippen molar-refractivity contribution in [3.05, 3.63) is 53.4 Å². The number of nitrogens with zero attached hydrogens (tertiary/aromatic N) is 2. The Morgan fingerprint density at radius 3 is 2.52 bits per heavy atom. The summed E-state index contributed by atoms with van der Waals surface area (Å²) in [6.07, 6.45) is 2.17. The normalized spacial score (nSPS) is 15.4. The zero-order chi connectivity index (χ0) is 18.9. The summed E-state index contributed by atoms with van der Waals surface area (Å²) in [4.78, 5) is 18.8. The molecule has 6 nitrogen and oxygen atoms in total. The minimum absolute atomic E-state index is 0.0544. The molecule has 1 aliphatic heterocycles. The van der Waals surface area contributed by atoms with Crippen LogP contribution in [0.3, 0.4) is 0 Å². The van der Waals surface area contributed by atoms with Crippen molar-refractivity contribution in [2.45, 2.75) is 18.9 Å². The molecule has 0 spiro atoms. The molecule has 1 aromatic heterocycles. The van der Waals surface area contributed by atoms with E-state index in [1.54, 1.807) is 18.4 Å². The van der Waals surface area contributed by atoms with Crippen LogP contribution in [0.15, 0.2) is 52.8 Å². The number of rotatable bonds is 6. The molecule has 0 radical (unpaired) electrons. The number of carbonyl (C=O) groups excluding carboxylic acids is 1. The van der Waals surface area contributed by atoms with Crippen molar-refractivity contribution in [1.82, 2.24) is 16.0 Å². The van der Waals surface area contributed by atoms with Crippen LogP contribution in [0.2, 0.25) is 0 Å². The summed E-state index contributed by atoms with van der Waals surface area (Å²) in [5.74, 6) is 0.736. The predicted molar refractivity (Wildman–Crippen MR) is 113 cm³/mol. The number of thiophene rings is 1. The molecule has 144 valence electrons. The predicted octanol–water partition coefficient (Wildman–Crippen LogP) is 2.31. The molecular formula is C20H27N5OS. The molecule has 1 aliphatic rings. The third kappa shape index (κ3) is 5.72. The van der Waals surface area contributed by atoms with Crippen LogP contribution in [-0.4, -0.2) is 51.1 Å². The Balaban J connectivity index is 1.34. The molecule has 7 heteroatoms. The first kappa shape index (κ1) is 19.2. The molecule has 1 saturated heterocycles. The van der Waals surface area contributed by atoms with Gasteiger partial charge in [0.15, 0.2) is 5.96 Å². The minimum atomic E-state index is -0.0544. The SMILES string of the molecule is CN=C(NCCNC(=O)c1ccccc1)NC1CCN(c2cccs2)CC1. The quantitative estimate of drug-likeness (QED) is 0.406. The van der Waals surface area contributed by atoms with Gasteiger partial charge in [0.1, 0.15) is 0 Å². The van der Waals surface area contributed by atoms with Crippen molar-refractivity contribution in [3.63, 3.8) is 0 Å². The Morgan fingerprint density at radius 2 is 1.85 bits per heavy atom. The van der Waals surface area contributed by atoms with Crippen LogP contribution >= 0.6 is 11.3 Å². The lowest BCUT2D eigenvalue weighted by molar-refractivity contribution is 0.0954. The van der Waals surface area contributed by atoms with Gasteiger partial charge >= 0.3 is 0 Å². The molecule has 1 aromatic carbocycles. The van der Waals surface area contributed by atoms with E-state index in [2.05, 4.69) is 43.4 Å². The van der Waals surface area contributed by atoms with Gasteiger partial charge in [-0.15, -0.1) is 11.3 Å². The molecule has 27 heavy (non-hydrogen) atoms. The van der Waals surface area contributed by atoms with Crippen LogP contribution in [-0.2, 0) is 0 Å². The maximum absolute atomic E-state index is 12.0. The number of nitrogens with one attached hydrogen (secondary N) is 3. The summed E-state index contributed by atoms with van der Waals surface area (Å²) < 4.78 is 0. The lowest BCUT2D eigenvalue weighted by Crippen LogP contribution is -2.49. The number of carbonyl (C=O) groups is 1. The number of benzene rings is 1. The Morgan fingerprint density at radius 1 is 1.11 bits per heavy atom. The third-order valence-electron chi connectivity index (χ3n) is 4.62. The number of hydrogen-bond acceptors (Lipinski definition) is 4. The number of amides is 1. The van der Waals surface area contributed by atoms with Crippen molar-refractivity contribution in [2.24, 2.45) is 4.99 Å². The number of hydrogen-bond donors (Lipinski definition) is 3. The van der Waals surface area contributed by atoms with E-state index in [0.717, 1.165) is 31.9 Å². The van der Waals surface area contributed by atoms with Gasteiger partial charge in [0.25, 0.3) is 5.91 Å². The molecule has 0 unspecified atom stereocenters. The minimum Gasteiger partial charge on any atom is -0.363 e. The van der Waals surface area contributed by atoms with Gasteiger partial charge in [-0.25, -0.2) is 0 Å². The molecule has 0 bridgehead atoms. The Kier molecular flexibility index (Phi) is 7.10. The number of anilines is 1. The highest BCUT2D eigenvalue weighted by Crippen LogP contribution is 2.24. The van der Waals surface area contributed by atoms with E-state index >= 15 is 0 Å². The van der Waals surface area contributed by atoms with E-state index in [0.29, 0.717) is 24.7 Å². The number of piperidine rings is 1. The standard InChI is InChI=1S/C20H27N5OS/c1-21-20(23-12-11-22-19(26)16-6-3-2-4-7-16)24-17-9-13-25(14-10-17)18-8-5-15-27-18/h2-8,15,17H,9-14H2,1H3,(H,22,26)(H2,21,23,24). The van der Waals surface area contributed by atoms with E-state index in [1.165, 1.54) is 5.00 Å². The van der Waals surface area contributed by atoms with Crippen molar-refractivity contribution >= 4 is 28.2 Å². The topological polar surface area (TPSA) is 68.8 Å². The molecule has 2 heterocycles. The zero-order valence-corrected chi connectivity index (χ0v) is 16.5. The maximum Gasteiger partial charge on any atom is 0.251 e. The Labute approximate surface area is 164 Å². The molecular weight excluding hydrogens is 358 g/mol. The van der Waals surface area contributed by atoms with Crippen LogP contribution in [0.25, 0.3) is 0 Å². The third-order valence-corrected chi connectivity index (χ3v) is 5.55. The van der Waals surface area contributed by atoms with Gasteiger partial charge in [-0.05, 0) is 42.5 Å². The summed E-state index contributed by atoms with van der Waals surface area (Å²) >= 11 is 1.80. The smallest absolute Gasteiger partial charge is 0.251 e. The molecule has 0 aliphatic carbocycles. The lowest BCUT2D eigenvalue weighted by Gasteiger charge is -2.33. The zero-order valence-electron chi connectivity index (χ0n) is 15.6. The highest BCUT2D eigenvalue weighted by atomic mass is 32.1. The van der Waals surface area contributed by atoms with Crippen molar-refractivity contribution < 1.29 is 4.79 Å². The second-order valence-corrected chi connectivity index (χ2v) is 7.40. The lowest BCUT2D eigenvalue weighted by atomic mass is 10.1. The Bertz CT molecular complexity index is 724. The summed E-state index contributed by atoms with van der Waals surface area (Å²) in [6, 6.07) is 14.0. The largest absolute Gasteiger partial charge is 0.363 e. The molecule has 0 saturated carbocycles. The fourth-order valence-electron chi connectivity index (χ4n) is 3.13. The van der Waals surface area contributed by atoms with E-state index in [-0.39, 0.29) is 5.91 Å². The van der Waals surface area contributed by atoms with Crippen LogP contribution in [0.4, 0.5) is 5.00 Å². The molecule has 1 fully saturated rings. The van der Waals surface area contributed by atoms with E-state index in [1.807, 2.05) is 30.3 Å². The summed E-state index contributed by atoms with van der Waals surface area (Å²) in [6.45, 7) is 3.29. The molecule has 1 amide bonds. The van der Waals surface area contributed by atoms with E-state index in [9.17, 15) is 4.79 Å². The van der Waals surface area contributed by atoms with Crippen LogP contribution < -0.4 is 20.9 Å². The molecule has 3 N–H and O–H groups in total. The van der Waals surface area contributed by atoms with Gasteiger partial charge < -0.3 is 20.9 Å². The first-order valence-electron chi connectivity index (χ1n) is 9.35.